The highest BCUT2D eigenvalue weighted by atomic mass is 32.2. The van der Waals surface area contributed by atoms with Gasteiger partial charge in [-0.15, -0.1) is 11.8 Å². The zero-order valence-electron chi connectivity index (χ0n) is 13.8. The highest BCUT2D eigenvalue weighted by Gasteiger charge is 2.27. The molecule has 0 spiro atoms. The first-order valence-electron chi connectivity index (χ1n) is 7.70. The van der Waals surface area contributed by atoms with Gasteiger partial charge in [-0.3, -0.25) is 4.98 Å². The molecule has 0 bridgehead atoms. The first-order valence-corrected chi connectivity index (χ1v) is 8.64. The number of rotatable bonds is 2. The molecule has 2 heteroatoms. The first kappa shape index (κ1) is 15.6. The molecule has 0 aliphatic carbocycles. The Morgan fingerprint density at radius 1 is 1.10 bits per heavy atom. The van der Waals surface area contributed by atoms with Gasteiger partial charge in [-0.2, -0.15) is 0 Å². The molecule has 2 rings (SSSR count). The summed E-state index contributed by atoms with van der Waals surface area (Å²) in [6.07, 6.45) is 2.46. The number of allylic oxidation sites excluding steroid dienone is 1. The lowest BCUT2D eigenvalue weighted by Gasteiger charge is -2.22. The van der Waals surface area contributed by atoms with E-state index in [2.05, 4.69) is 60.6 Å². The Kier molecular flexibility index (Phi) is 4.63. The Bertz CT molecular complexity index is 528. The minimum atomic E-state index is 0.463. The molecule has 20 heavy (non-hydrogen) atoms. The fourth-order valence-corrected chi connectivity index (χ4v) is 4.20. The van der Waals surface area contributed by atoms with E-state index in [1.807, 2.05) is 11.8 Å². The molecule has 0 amide bonds. The molecular weight excluding hydrogens is 262 g/mol. The normalized spacial score (nSPS) is 22.8. The maximum absolute atomic E-state index is 4.90. The molecule has 1 aliphatic rings. The van der Waals surface area contributed by atoms with E-state index in [0.29, 0.717) is 22.3 Å². The number of fused-ring (bicyclic) bond motifs is 1. The molecule has 2 atom stereocenters. The molecule has 1 nitrogen and oxygen atoms in total. The predicted molar refractivity (Wildman–Crippen MR) is 91.3 cm³/mol. The second-order valence-electron chi connectivity index (χ2n) is 6.53. The van der Waals surface area contributed by atoms with Crippen molar-refractivity contribution in [1.82, 2.24) is 4.98 Å². The minimum Gasteiger partial charge on any atom is -0.256 e. The fraction of sp³-hybridized carbons (Fsp3) is 0.611. The van der Waals surface area contributed by atoms with Crippen LogP contribution in [0.25, 0.3) is 5.57 Å². The molecule has 0 unspecified atom stereocenters. The van der Waals surface area contributed by atoms with Gasteiger partial charge in [0.25, 0.3) is 0 Å². The quantitative estimate of drug-likeness (QED) is 0.687. The minimum absolute atomic E-state index is 0.463. The number of aromatic nitrogens is 1. The average molecular weight is 289 g/mol. The summed E-state index contributed by atoms with van der Waals surface area (Å²) in [5.41, 5.74) is 6.83. The van der Waals surface area contributed by atoms with Crippen molar-refractivity contribution in [1.29, 1.82) is 0 Å². The Balaban J connectivity index is 2.76. The van der Waals surface area contributed by atoms with Crippen LogP contribution >= 0.6 is 11.8 Å². The van der Waals surface area contributed by atoms with Gasteiger partial charge >= 0.3 is 0 Å². The summed E-state index contributed by atoms with van der Waals surface area (Å²) in [5, 5.41) is 1.02. The van der Waals surface area contributed by atoms with Gasteiger partial charge in [0, 0.05) is 21.8 Å². The molecule has 0 N–H and O–H groups in total. The van der Waals surface area contributed by atoms with E-state index in [1.54, 1.807) is 0 Å². The van der Waals surface area contributed by atoms with Crippen molar-refractivity contribution in [2.75, 3.05) is 0 Å². The van der Waals surface area contributed by atoms with Crippen molar-refractivity contribution in [3.05, 3.63) is 34.7 Å². The summed E-state index contributed by atoms with van der Waals surface area (Å²) in [6, 6.07) is 2.28. The number of aryl methyl sites for hydroxylation is 1. The van der Waals surface area contributed by atoms with E-state index in [0.717, 1.165) is 5.69 Å². The molecule has 1 aromatic heterocycles. The standard InChI is InChI=1S/C18H27NS/c1-10(2)15-8-12(5)19-18-14(7)20-13(6)9-16(11(3)4)17(15)18/h8-11,13-14H,1-7H3/t13-,14+/m1/s1. The summed E-state index contributed by atoms with van der Waals surface area (Å²) in [4.78, 5) is 4.90. The highest BCUT2D eigenvalue weighted by Crippen LogP contribution is 2.44. The molecule has 0 fully saturated rings. The molecular formula is C18H27NS. The van der Waals surface area contributed by atoms with Crippen LogP contribution < -0.4 is 0 Å². The van der Waals surface area contributed by atoms with Crippen LogP contribution in [0.1, 0.15) is 75.2 Å². The molecule has 1 aromatic rings. The van der Waals surface area contributed by atoms with Gasteiger partial charge in [0.05, 0.1) is 5.69 Å². The van der Waals surface area contributed by atoms with E-state index >= 15 is 0 Å². The summed E-state index contributed by atoms with van der Waals surface area (Å²) in [5.74, 6) is 1.09. The molecule has 0 radical (unpaired) electrons. The van der Waals surface area contributed by atoms with Crippen LogP contribution in [0.2, 0.25) is 0 Å². The molecule has 0 saturated carbocycles. The monoisotopic (exact) mass is 289 g/mol. The van der Waals surface area contributed by atoms with Crippen LogP contribution in [-0.2, 0) is 0 Å². The highest BCUT2D eigenvalue weighted by molar-refractivity contribution is 8.00. The molecule has 0 aromatic carbocycles. The summed E-state index contributed by atoms with van der Waals surface area (Å²) >= 11 is 2.02. The maximum atomic E-state index is 4.90. The van der Waals surface area contributed by atoms with Crippen molar-refractivity contribution in [3.8, 4) is 0 Å². The molecule has 2 heterocycles. The zero-order valence-corrected chi connectivity index (χ0v) is 14.6. The van der Waals surface area contributed by atoms with Crippen LogP contribution in [0.5, 0.6) is 0 Å². The first-order chi connectivity index (χ1) is 9.31. The molecule has 110 valence electrons. The van der Waals surface area contributed by atoms with Gasteiger partial charge in [-0.05, 0) is 49.8 Å². The number of nitrogens with zero attached hydrogens (tertiary/aromatic N) is 1. The maximum Gasteiger partial charge on any atom is 0.0612 e. The second-order valence-corrected chi connectivity index (χ2v) is 8.25. The third-order valence-corrected chi connectivity index (χ3v) is 5.15. The fourth-order valence-electron chi connectivity index (χ4n) is 3.03. The number of thioether (sulfide) groups is 1. The lowest BCUT2D eigenvalue weighted by Crippen LogP contribution is -2.08. The molecule has 0 saturated heterocycles. The second kappa shape index (κ2) is 5.93. The van der Waals surface area contributed by atoms with Gasteiger partial charge in [-0.25, -0.2) is 0 Å². The third kappa shape index (κ3) is 2.95. The Morgan fingerprint density at radius 2 is 1.75 bits per heavy atom. The summed E-state index contributed by atoms with van der Waals surface area (Å²) in [7, 11) is 0. The topological polar surface area (TPSA) is 12.9 Å². The van der Waals surface area contributed by atoms with Gasteiger partial charge < -0.3 is 0 Å². The van der Waals surface area contributed by atoms with E-state index < -0.39 is 0 Å². The SMILES string of the molecule is Cc1cc(C(C)C)c2c(n1)[C@H](C)S[C@H](C)C=C2C(C)C. The van der Waals surface area contributed by atoms with E-state index in [1.165, 1.54) is 22.4 Å². The van der Waals surface area contributed by atoms with Gasteiger partial charge in [0.15, 0.2) is 0 Å². The molecule has 1 aliphatic heterocycles. The lowest BCUT2D eigenvalue weighted by atomic mass is 9.85. The van der Waals surface area contributed by atoms with Crippen LogP contribution in [0.15, 0.2) is 12.1 Å². The van der Waals surface area contributed by atoms with Crippen LogP contribution in [0.4, 0.5) is 0 Å². The van der Waals surface area contributed by atoms with Crippen LogP contribution in [-0.4, -0.2) is 10.2 Å². The van der Waals surface area contributed by atoms with Crippen molar-refractivity contribution in [3.63, 3.8) is 0 Å². The predicted octanol–water partition coefficient (Wildman–Crippen LogP) is 5.75. The van der Waals surface area contributed by atoms with Crippen molar-refractivity contribution >= 4 is 17.3 Å². The van der Waals surface area contributed by atoms with E-state index in [4.69, 9.17) is 4.98 Å². The van der Waals surface area contributed by atoms with Gasteiger partial charge in [0.2, 0.25) is 0 Å². The van der Waals surface area contributed by atoms with Crippen molar-refractivity contribution < 1.29 is 0 Å². The zero-order chi connectivity index (χ0) is 15.0. The Labute approximate surface area is 128 Å². The van der Waals surface area contributed by atoms with Gasteiger partial charge in [0.1, 0.15) is 0 Å². The third-order valence-electron chi connectivity index (χ3n) is 3.96. The van der Waals surface area contributed by atoms with Gasteiger partial charge in [-0.1, -0.05) is 33.8 Å². The number of hydrogen-bond donors (Lipinski definition) is 0. The number of hydrogen-bond acceptors (Lipinski definition) is 2. The Hall–Kier alpha value is -0.760. The smallest absolute Gasteiger partial charge is 0.0612 e. The average Bonchev–Trinajstić information content (AvgIpc) is 2.46. The summed E-state index contributed by atoms with van der Waals surface area (Å²) in [6.45, 7) is 15.9. The lowest BCUT2D eigenvalue weighted by molar-refractivity contribution is 0.809. The van der Waals surface area contributed by atoms with E-state index in [9.17, 15) is 0 Å². The van der Waals surface area contributed by atoms with Crippen LogP contribution in [0.3, 0.4) is 0 Å². The van der Waals surface area contributed by atoms with Crippen molar-refractivity contribution in [2.24, 2.45) is 5.92 Å². The summed E-state index contributed by atoms with van der Waals surface area (Å²) < 4.78 is 0. The Morgan fingerprint density at radius 3 is 2.30 bits per heavy atom. The number of pyridine rings is 1. The van der Waals surface area contributed by atoms with E-state index in [-0.39, 0.29) is 0 Å². The largest absolute Gasteiger partial charge is 0.256 e. The van der Waals surface area contributed by atoms with Crippen molar-refractivity contribution in [2.45, 2.75) is 64.9 Å². The van der Waals surface area contributed by atoms with Crippen LogP contribution in [0, 0.1) is 12.8 Å².